The van der Waals surface area contributed by atoms with Crippen molar-refractivity contribution in [3.8, 4) is 0 Å². The molecule has 0 aromatic carbocycles. The first kappa shape index (κ1) is 28.0. The molecule has 0 saturated heterocycles. The van der Waals surface area contributed by atoms with E-state index in [4.69, 9.17) is 11.5 Å². The molecule has 33 heavy (non-hydrogen) atoms. The summed E-state index contributed by atoms with van der Waals surface area (Å²) in [5.41, 5.74) is 12.0. The molecule has 0 fully saturated rings. The van der Waals surface area contributed by atoms with Crippen molar-refractivity contribution in [2.24, 2.45) is 17.4 Å². The molecule has 3 amide bonds. The molecule has 0 aliphatic rings. The molecule has 0 spiro atoms. The molecule has 1 aromatic rings. The van der Waals surface area contributed by atoms with Gasteiger partial charge in [-0.2, -0.15) is 0 Å². The van der Waals surface area contributed by atoms with Crippen LogP contribution >= 0.6 is 0 Å². The summed E-state index contributed by atoms with van der Waals surface area (Å²) in [5.74, 6) is -2.68. The number of aromatic nitrogens is 2. The third-order valence-electron chi connectivity index (χ3n) is 4.99. The fraction of sp³-hybridized carbons (Fsp3) is 0.667. The molecule has 0 radical (unpaired) electrons. The Labute approximate surface area is 193 Å². The third kappa shape index (κ3) is 10.4. The quantitative estimate of drug-likeness (QED) is 0.159. The first-order valence-corrected chi connectivity index (χ1v) is 11.1. The fourth-order valence-corrected chi connectivity index (χ4v) is 3.15. The zero-order chi connectivity index (χ0) is 25.0. The van der Waals surface area contributed by atoms with Gasteiger partial charge in [0.1, 0.15) is 18.1 Å². The van der Waals surface area contributed by atoms with Gasteiger partial charge in [-0.15, -0.1) is 0 Å². The molecule has 4 atom stereocenters. The standard InChI is InChI=1S/C21H37N7O5/c1-12(2)8-15(23)19(30)27-16(6-4-5-7-22)20(31)26-13(3)18(29)28-17(21(32)33)9-14-10-24-11-25-14/h10-13,15-17H,4-9,22-23H2,1-3H3,(H,24,25)(H,26,31)(H,27,30)(H,28,29)(H,32,33). The number of aromatic amines is 1. The fourth-order valence-electron chi connectivity index (χ4n) is 3.15. The van der Waals surface area contributed by atoms with Crippen molar-refractivity contribution in [1.29, 1.82) is 0 Å². The van der Waals surface area contributed by atoms with E-state index in [1.165, 1.54) is 19.4 Å². The van der Waals surface area contributed by atoms with E-state index in [1.807, 2.05) is 13.8 Å². The van der Waals surface area contributed by atoms with Crippen LogP contribution in [0.5, 0.6) is 0 Å². The van der Waals surface area contributed by atoms with Gasteiger partial charge < -0.3 is 37.5 Å². The Hall–Kier alpha value is -2.99. The van der Waals surface area contributed by atoms with Crippen molar-refractivity contribution >= 4 is 23.7 Å². The summed E-state index contributed by atoms with van der Waals surface area (Å²) in [4.78, 5) is 55.9. The number of nitrogens with zero attached hydrogens (tertiary/aromatic N) is 1. The summed E-state index contributed by atoms with van der Waals surface area (Å²) in [7, 11) is 0. The Balaban J connectivity index is 2.74. The first-order chi connectivity index (χ1) is 15.5. The lowest BCUT2D eigenvalue weighted by molar-refractivity contribution is -0.142. The number of nitrogens with two attached hydrogens (primary N) is 2. The third-order valence-corrected chi connectivity index (χ3v) is 4.99. The van der Waals surface area contributed by atoms with Gasteiger partial charge in [-0.3, -0.25) is 14.4 Å². The van der Waals surface area contributed by atoms with Gasteiger partial charge in [0.15, 0.2) is 0 Å². The van der Waals surface area contributed by atoms with Gasteiger partial charge >= 0.3 is 5.97 Å². The molecule has 1 aromatic heterocycles. The molecule has 186 valence electrons. The molecule has 0 aliphatic heterocycles. The van der Waals surface area contributed by atoms with Crippen LogP contribution in [0.2, 0.25) is 0 Å². The maximum absolute atomic E-state index is 12.8. The van der Waals surface area contributed by atoms with Crippen LogP contribution in [0.15, 0.2) is 12.5 Å². The average molecular weight is 468 g/mol. The van der Waals surface area contributed by atoms with Crippen molar-refractivity contribution in [1.82, 2.24) is 25.9 Å². The normalized spacial score (nSPS) is 14.7. The van der Waals surface area contributed by atoms with E-state index in [9.17, 15) is 24.3 Å². The number of rotatable bonds is 15. The number of imidazole rings is 1. The molecule has 12 heteroatoms. The number of hydrogen-bond donors (Lipinski definition) is 7. The van der Waals surface area contributed by atoms with E-state index in [0.29, 0.717) is 37.9 Å². The molecule has 12 nitrogen and oxygen atoms in total. The summed E-state index contributed by atoms with van der Waals surface area (Å²) >= 11 is 0. The molecule has 0 saturated carbocycles. The Morgan fingerprint density at radius 1 is 1.03 bits per heavy atom. The number of hydrogen-bond acceptors (Lipinski definition) is 7. The number of unbranched alkanes of at least 4 members (excludes halogenated alkanes) is 1. The number of H-pyrrole nitrogens is 1. The van der Waals surface area contributed by atoms with Crippen molar-refractivity contribution < 1.29 is 24.3 Å². The maximum Gasteiger partial charge on any atom is 0.326 e. The molecule has 0 aliphatic carbocycles. The zero-order valence-corrected chi connectivity index (χ0v) is 19.5. The summed E-state index contributed by atoms with van der Waals surface area (Å²) in [6, 6.07) is -3.88. The summed E-state index contributed by atoms with van der Waals surface area (Å²) in [5, 5.41) is 17.0. The lowest BCUT2D eigenvalue weighted by atomic mass is 10.0. The number of carboxylic acid groups (broad SMARTS) is 1. The molecule has 1 heterocycles. The van der Waals surface area contributed by atoms with E-state index in [2.05, 4.69) is 25.9 Å². The highest BCUT2D eigenvalue weighted by molar-refractivity contribution is 5.93. The highest BCUT2D eigenvalue weighted by atomic mass is 16.4. The van der Waals surface area contributed by atoms with Crippen molar-refractivity contribution in [3.63, 3.8) is 0 Å². The van der Waals surface area contributed by atoms with E-state index < -0.39 is 47.9 Å². The van der Waals surface area contributed by atoms with Crippen LogP contribution in [-0.4, -0.2) is 69.5 Å². The van der Waals surface area contributed by atoms with Crippen molar-refractivity contribution in [2.75, 3.05) is 6.54 Å². The monoisotopic (exact) mass is 467 g/mol. The number of carbonyl (C=O) groups is 4. The van der Waals surface area contributed by atoms with Crippen LogP contribution in [-0.2, 0) is 25.6 Å². The summed E-state index contributed by atoms with van der Waals surface area (Å²) in [6.07, 6.45) is 4.94. The minimum Gasteiger partial charge on any atom is -0.480 e. The van der Waals surface area contributed by atoms with Crippen LogP contribution in [0.3, 0.4) is 0 Å². The molecular weight excluding hydrogens is 430 g/mol. The Kier molecular flexibility index (Phi) is 12.1. The average Bonchev–Trinajstić information content (AvgIpc) is 3.24. The SMILES string of the molecule is CC(C)CC(N)C(=O)NC(CCCCN)C(=O)NC(C)C(=O)NC(Cc1cnc[nH]1)C(=O)O. The van der Waals surface area contributed by atoms with Crippen LogP contribution in [0, 0.1) is 5.92 Å². The maximum atomic E-state index is 12.8. The highest BCUT2D eigenvalue weighted by Crippen LogP contribution is 2.06. The van der Waals surface area contributed by atoms with Gasteiger partial charge in [0.05, 0.1) is 12.4 Å². The highest BCUT2D eigenvalue weighted by Gasteiger charge is 2.28. The van der Waals surface area contributed by atoms with Gasteiger partial charge in [0, 0.05) is 18.3 Å². The predicted octanol–water partition coefficient (Wildman–Crippen LogP) is -0.986. The summed E-state index contributed by atoms with van der Waals surface area (Å²) < 4.78 is 0. The lowest BCUT2D eigenvalue weighted by Crippen LogP contribution is -2.56. The van der Waals surface area contributed by atoms with Crippen LogP contribution < -0.4 is 27.4 Å². The van der Waals surface area contributed by atoms with Gasteiger partial charge in [-0.25, -0.2) is 9.78 Å². The molecule has 9 N–H and O–H groups in total. The number of nitrogens with one attached hydrogen (secondary N) is 4. The van der Waals surface area contributed by atoms with E-state index in [0.717, 1.165) is 0 Å². The van der Waals surface area contributed by atoms with Gasteiger partial charge in [0.25, 0.3) is 0 Å². The largest absolute Gasteiger partial charge is 0.480 e. The minimum atomic E-state index is -1.22. The first-order valence-electron chi connectivity index (χ1n) is 11.1. The second kappa shape index (κ2) is 14.2. The van der Waals surface area contributed by atoms with Crippen LogP contribution in [0.25, 0.3) is 0 Å². The number of carbonyl (C=O) groups excluding carboxylic acids is 3. The number of amides is 3. The Morgan fingerprint density at radius 2 is 1.70 bits per heavy atom. The number of aliphatic carboxylic acids is 1. The zero-order valence-electron chi connectivity index (χ0n) is 19.5. The van der Waals surface area contributed by atoms with Crippen LogP contribution in [0.4, 0.5) is 0 Å². The predicted molar refractivity (Wildman–Crippen MR) is 122 cm³/mol. The smallest absolute Gasteiger partial charge is 0.326 e. The van der Waals surface area contributed by atoms with Gasteiger partial charge in [0.2, 0.25) is 17.7 Å². The lowest BCUT2D eigenvalue weighted by Gasteiger charge is -2.24. The minimum absolute atomic E-state index is 0.00719. The Bertz CT molecular complexity index is 769. The second-order valence-electron chi connectivity index (χ2n) is 8.49. The number of carboxylic acids is 1. The van der Waals surface area contributed by atoms with E-state index in [1.54, 1.807) is 0 Å². The van der Waals surface area contributed by atoms with Crippen molar-refractivity contribution in [2.45, 2.75) is 77.0 Å². The molecular formula is C21H37N7O5. The van der Waals surface area contributed by atoms with Crippen LogP contribution in [0.1, 0.15) is 52.1 Å². The second-order valence-corrected chi connectivity index (χ2v) is 8.49. The molecule has 0 bridgehead atoms. The van der Waals surface area contributed by atoms with E-state index in [-0.39, 0.29) is 12.3 Å². The van der Waals surface area contributed by atoms with Gasteiger partial charge in [-0.05, 0) is 45.1 Å². The molecule has 4 unspecified atom stereocenters. The molecule has 1 rings (SSSR count). The van der Waals surface area contributed by atoms with E-state index >= 15 is 0 Å². The Morgan fingerprint density at radius 3 is 2.24 bits per heavy atom. The topological polar surface area (TPSA) is 205 Å². The summed E-state index contributed by atoms with van der Waals surface area (Å²) in [6.45, 7) is 5.76. The van der Waals surface area contributed by atoms with Gasteiger partial charge in [-0.1, -0.05) is 13.8 Å². The van der Waals surface area contributed by atoms with Crippen molar-refractivity contribution in [3.05, 3.63) is 18.2 Å².